The van der Waals surface area contributed by atoms with Crippen molar-refractivity contribution in [2.45, 2.75) is 13.0 Å². The Labute approximate surface area is 168 Å². The second-order valence-corrected chi connectivity index (χ2v) is 6.76. The minimum atomic E-state index is -0.466. The van der Waals surface area contributed by atoms with E-state index in [-0.39, 0.29) is 17.3 Å². The number of nitriles is 1. The summed E-state index contributed by atoms with van der Waals surface area (Å²) in [5.74, 6) is -0.669. The third kappa shape index (κ3) is 3.85. The number of hydrogen-bond donors (Lipinski definition) is 1. The van der Waals surface area contributed by atoms with Gasteiger partial charge in [0.05, 0.1) is 11.3 Å². The number of nitrogens with zero attached hydrogens (tertiary/aromatic N) is 3. The first-order valence-electron chi connectivity index (χ1n) is 9.29. The Morgan fingerprint density at radius 3 is 2.48 bits per heavy atom. The molecule has 2 heterocycles. The minimum Gasteiger partial charge on any atom is -0.333 e. The smallest absolute Gasteiger partial charge is 0.274 e. The largest absolute Gasteiger partial charge is 0.333 e. The van der Waals surface area contributed by atoms with Gasteiger partial charge < -0.3 is 10.2 Å². The number of aromatic nitrogens is 1. The number of hydrogen-bond acceptors (Lipinski definition) is 4. The maximum atomic E-state index is 12.9. The number of nitrogens with one attached hydrogen (secondary N) is 1. The van der Waals surface area contributed by atoms with E-state index in [2.05, 4.69) is 16.4 Å². The van der Waals surface area contributed by atoms with Crippen molar-refractivity contribution in [2.75, 3.05) is 11.9 Å². The highest BCUT2D eigenvalue weighted by atomic mass is 16.2. The van der Waals surface area contributed by atoms with E-state index < -0.39 is 5.91 Å². The number of benzene rings is 2. The summed E-state index contributed by atoms with van der Waals surface area (Å²) in [7, 11) is 0. The van der Waals surface area contributed by atoms with E-state index in [1.807, 2.05) is 24.3 Å². The quantitative estimate of drug-likeness (QED) is 0.752. The zero-order chi connectivity index (χ0) is 20.2. The van der Waals surface area contributed by atoms with Crippen LogP contribution in [0.2, 0.25) is 0 Å². The Hall–Kier alpha value is -3.98. The number of fused-ring (bicyclic) bond motifs is 1. The number of para-hydroxylation sites is 1. The molecule has 0 saturated carbocycles. The van der Waals surface area contributed by atoms with Crippen LogP contribution in [0.25, 0.3) is 0 Å². The van der Waals surface area contributed by atoms with Crippen molar-refractivity contribution in [2.24, 2.45) is 0 Å². The highest BCUT2D eigenvalue weighted by molar-refractivity contribution is 6.04. The Morgan fingerprint density at radius 2 is 1.66 bits per heavy atom. The van der Waals surface area contributed by atoms with Crippen LogP contribution < -0.4 is 5.32 Å². The van der Waals surface area contributed by atoms with Gasteiger partial charge in [0.1, 0.15) is 17.5 Å². The molecule has 4 rings (SSSR count). The number of carbonyl (C=O) groups is 2. The number of pyridine rings is 1. The second kappa shape index (κ2) is 7.95. The summed E-state index contributed by atoms with van der Waals surface area (Å²) in [6.07, 6.45) is 0.799. The number of carbonyl (C=O) groups excluding carboxylic acids is 2. The molecule has 6 nitrogen and oxygen atoms in total. The third-order valence-electron chi connectivity index (χ3n) is 4.91. The van der Waals surface area contributed by atoms with E-state index in [1.54, 1.807) is 47.4 Å². The highest BCUT2D eigenvalue weighted by Gasteiger charge is 2.23. The molecule has 6 heteroatoms. The van der Waals surface area contributed by atoms with Crippen LogP contribution in [0.5, 0.6) is 0 Å². The monoisotopic (exact) mass is 382 g/mol. The standard InChI is InChI=1S/C23H18N4O2/c24-14-17-7-3-4-9-19(17)26-22(28)20-10-5-11-21(25-20)23(29)27-13-12-16-6-1-2-8-18(16)15-27/h1-11H,12-13,15H2,(H,26,28). The van der Waals surface area contributed by atoms with E-state index in [4.69, 9.17) is 5.26 Å². The Kier molecular flexibility index (Phi) is 5.04. The molecular formula is C23H18N4O2. The van der Waals surface area contributed by atoms with Gasteiger partial charge in [0.2, 0.25) is 0 Å². The molecule has 1 aromatic heterocycles. The molecule has 0 saturated heterocycles. The van der Waals surface area contributed by atoms with E-state index in [0.29, 0.717) is 24.3 Å². The van der Waals surface area contributed by atoms with Gasteiger partial charge in [-0.2, -0.15) is 5.26 Å². The Bertz CT molecular complexity index is 1130. The van der Waals surface area contributed by atoms with Gasteiger partial charge in [-0.05, 0) is 41.8 Å². The van der Waals surface area contributed by atoms with Gasteiger partial charge in [-0.1, -0.05) is 42.5 Å². The van der Waals surface area contributed by atoms with Crippen molar-refractivity contribution in [3.8, 4) is 6.07 Å². The van der Waals surface area contributed by atoms with Crippen LogP contribution in [-0.2, 0) is 13.0 Å². The Balaban J connectivity index is 1.52. The summed E-state index contributed by atoms with van der Waals surface area (Å²) in [4.78, 5) is 31.5. The molecule has 0 fully saturated rings. The fourth-order valence-electron chi connectivity index (χ4n) is 3.39. The average molecular weight is 382 g/mol. The maximum Gasteiger partial charge on any atom is 0.274 e. The first-order valence-corrected chi connectivity index (χ1v) is 9.29. The van der Waals surface area contributed by atoms with Gasteiger partial charge >= 0.3 is 0 Å². The van der Waals surface area contributed by atoms with Crippen LogP contribution >= 0.6 is 0 Å². The summed E-state index contributed by atoms with van der Waals surface area (Å²) in [6.45, 7) is 1.14. The van der Waals surface area contributed by atoms with Crippen LogP contribution in [0.1, 0.15) is 37.7 Å². The molecular weight excluding hydrogens is 364 g/mol. The molecule has 0 bridgehead atoms. The van der Waals surface area contributed by atoms with E-state index in [1.165, 1.54) is 5.56 Å². The first-order chi connectivity index (χ1) is 14.2. The van der Waals surface area contributed by atoms with Crippen LogP contribution in [-0.4, -0.2) is 28.2 Å². The molecule has 29 heavy (non-hydrogen) atoms. The maximum absolute atomic E-state index is 12.9. The minimum absolute atomic E-state index is 0.126. The lowest BCUT2D eigenvalue weighted by molar-refractivity contribution is 0.0728. The van der Waals surface area contributed by atoms with E-state index >= 15 is 0 Å². The summed E-state index contributed by atoms with van der Waals surface area (Å²) in [6, 6.07) is 21.7. The molecule has 142 valence electrons. The summed E-state index contributed by atoms with van der Waals surface area (Å²) in [5, 5.41) is 11.9. The van der Waals surface area contributed by atoms with Crippen LogP contribution in [0.15, 0.2) is 66.7 Å². The van der Waals surface area contributed by atoms with Crippen LogP contribution in [0.4, 0.5) is 5.69 Å². The van der Waals surface area contributed by atoms with Crippen LogP contribution in [0, 0.1) is 11.3 Å². The van der Waals surface area contributed by atoms with Crippen molar-refractivity contribution in [3.05, 3.63) is 94.8 Å². The lowest BCUT2D eigenvalue weighted by Gasteiger charge is -2.28. The lowest BCUT2D eigenvalue weighted by atomic mass is 10.00. The van der Waals surface area contributed by atoms with Gasteiger partial charge in [0.25, 0.3) is 11.8 Å². The molecule has 3 aromatic rings. The fraction of sp³-hybridized carbons (Fsp3) is 0.130. The van der Waals surface area contributed by atoms with Crippen molar-refractivity contribution < 1.29 is 9.59 Å². The molecule has 1 aliphatic rings. The van der Waals surface area contributed by atoms with Crippen molar-refractivity contribution in [1.29, 1.82) is 5.26 Å². The van der Waals surface area contributed by atoms with Crippen molar-refractivity contribution >= 4 is 17.5 Å². The SMILES string of the molecule is N#Cc1ccccc1NC(=O)c1cccc(C(=O)N2CCc3ccccc3C2)n1. The summed E-state index contributed by atoms with van der Waals surface area (Å²) >= 11 is 0. The second-order valence-electron chi connectivity index (χ2n) is 6.76. The number of anilines is 1. The van der Waals surface area contributed by atoms with Crippen molar-refractivity contribution in [3.63, 3.8) is 0 Å². The molecule has 0 radical (unpaired) electrons. The average Bonchev–Trinajstić information content (AvgIpc) is 2.78. The first kappa shape index (κ1) is 18.4. The van der Waals surface area contributed by atoms with Crippen molar-refractivity contribution in [1.82, 2.24) is 9.88 Å². The zero-order valence-electron chi connectivity index (χ0n) is 15.6. The highest BCUT2D eigenvalue weighted by Crippen LogP contribution is 2.20. The fourth-order valence-corrected chi connectivity index (χ4v) is 3.39. The zero-order valence-corrected chi connectivity index (χ0v) is 15.6. The topological polar surface area (TPSA) is 86.1 Å². The number of rotatable bonds is 3. The molecule has 1 aliphatic heterocycles. The molecule has 0 aliphatic carbocycles. The number of amides is 2. The predicted octanol–water partition coefficient (Wildman–Crippen LogP) is 3.40. The molecule has 0 spiro atoms. The van der Waals surface area contributed by atoms with E-state index in [0.717, 1.165) is 12.0 Å². The molecule has 2 amide bonds. The summed E-state index contributed by atoms with van der Waals surface area (Å²) < 4.78 is 0. The van der Waals surface area contributed by atoms with Gasteiger partial charge in [-0.15, -0.1) is 0 Å². The van der Waals surface area contributed by atoms with Gasteiger partial charge in [0.15, 0.2) is 0 Å². The third-order valence-corrected chi connectivity index (χ3v) is 4.91. The Morgan fingerprint density at radius 1 is 0.931 bits per heavy atom. The van der Waals surface area contributed by atoms with Gasteiger partial charge in [-0.25, -0.2) is 4.98 Å². The van der Waals surface area contributed by atoms with Gasteiger partial charge in [0, 0.05) is 13.1 Å². The molecule has 0 atom stereocenters. The van der Waals surface area contributed by atoms with E-state index in [9.17, 15) is 9.59 Å². The van der Waals surface area contributed by atoms with Gasteiger partial charge in [-0.3, -0.25) is 9.59 Å². The molecule has 1 N–H and O–H groups in total. The normalized spacial score (nSPS) is 12.6. The van der Waals surface area contributed by atoms with Crippen LogP contribution in [0.3, 0.4) is 0 Å². The summed E-state index contributed by atoms with van der Waals surface area (Å²) in [5.41, 5.74) is 3.51. The molecule has 2 aromatic carbocycles. The molecule has 0 unspecified atom stereocenters. The predicted molar refractivity (Wildman–Crippen MR) is 108 cm³/mol. The lowest BCUT2D eigenvalue weighted by Crippen LogP contribution is -2.36.